The Hall–Kier alpha value is -2.59. The fourth-order valence-corrected chi connectivity index (χ4v) is 3.42. The van der Waals surface area contributed by atoms with Crippen molar-refractivity contribution in [3.63, 3.8) is 0 Å². The van der Waals surface area contributed by atoms with Crippen molar-refractivity contribution in [2.24, 2.45) is 0 Å². The van der Waals surface area contributed by atoms with Crippen molar-refractivity contribution in [3.8, 4) is 0 Å². The molecule has 28 heavy (non-hydrogen) atoms. The summed E-state index contributed by atoms with van der Waals surface area (Å²) < 4.78 is 0. The Bertz CT molecular complexity index is 851. The summed E-state index contributed by atoms with van der Waals surface area (Å²) in [5.74, 6) is -0.568. The number of hydrogen-bond acceptors (Lipinski definition) is 2. The summed E-state index contributed by atoms with van der Waals surface area (Å²) in [6.45, 7) is 1.96. The minimum absolute atomic E-state index is 0.158. The smallest absolute Gasteiger partial charge is 0.268 e. The molecule has 2 N–H and O–H groups in total. The average molecular weight is 397 g/mol. The predicted molar refractivity (Wildman–Crippen MR) is 113 cm³/mol. The van der Waals surface area contributed by atoms with Gasteiger partial charge in [0.1, 0.15) is 5.70 Å². The van der Waals surface area contributed by atoms with Gasteiger partial charge in [-0.3, -0.25) is 9.59 Å². The third kappa shape index (κ3) is 5.70. The highest BCUT2D eigenvalue weighted by atomic mass is 35.5. The molecule has 2 amide bonds. The van der Waals surface area contributed by atoms with E-state index in [-0.39, 0.29) is 23.6 Å². The molecule has 4 nitrogen and oxygen atoms in total. The summed E-state index contributed by atoms with van der Waals surface area (Å²) in [5, 5.41) is 6.47. The van der Waals surface area contributed by atoms with Crippen LogP contribution in [-0.2, 0) is 4.79 Å². The van der Waals surface area contributed by atoms with Crippen LogP contribution < -0.4 is 10.6 Å². The van der Waals surface area contributed by atoms with Crippen molar-refractivity contribution in [1.29, 1.82) is 0 Å². The van der Waals surface area contributed by atoms with E-state index in [1.54, 1.807) is 30.3 Å². The van der Waals surface area contributed by atoms with Gasteiger partial charge < -0.3 is 10.6 Å². The topological polar surface area (TPSA) is 58.2 Å². The lowest BCUT2D eigenvalue weighted by molar-refractivity contribution is -0.118. The van der Waals surface area contributed by atoms with Gasteiger partial charge in [-0.15, -0.1) is 0 Å². The SMILES string of the molecule is Cc1ccc(C(=O)N/C(=C\c2ccc(Cl)cc2)C(=O)NC2CCCCC2)cc1. The number of rotatable bonds is 5. The number of amides is 2. The first-order valence-electron chi connectivity index (χ1n) is 9.67. The van der Waals surface area contributed by atoms with Crippen molar-refractivity contribution in [2.45, 2.75) is 45.1 Å². The van der Waals surface area contributed by atoms with Crippen LogP contribution >= 0.6 is 11.6 Å². The molecule has 0 saturated heterocycles. The molecule has 1 aliphatic rings. The summed E-state index contributed by atoms with van der Waals surface area (Å²) in [6.07, 6.45) is 7.09. The Morgan fingerprint density at radius 2 is 1.61 bits per heavy atom. The molecule has 0 bridgehead atoms. The Morgan fingerprint density at radius 3 is 2.25 bits per heavy atom. The number of carbonyl (C=O) groups excluding carboxylic acids is 2. The van der Waals surface area contributed by atoms with Crippen LogP contribution in [0.4, 0.5) is 0 Å². The number of carbonyl (C=O) groups is 2. The van der Waals surface area contributed by atoms with E-state index < -0.39 is 0 Å². The first-order chi connectivity index (χ1) is 13.5. The second kappa shape index (κ2) is 9.56. The maximum Gasteiger partial charge on any atom is 0.268 e. The average Bonchev–Trinajstić information content (AvgIpc) is 2.70. The first kappa shape index (κ1) is 20.2. The summed E-state index contributed by atoms with van der Waals surface area (Å²) in [7, 11) is 0. The lowest BCUT2D eigenvalue weighted by Crippen LogP contribution is -2.41. The van der Waals surface area contributed by atoms with Crippen molar-refractivity contribution in [1.82, 2.24) is 10.6 Å². The third-order valence-electron chi connectivity index (χ3n) is 4.93. The van der Waals surface area contributed by atoms with Crippen molar-refractivity contribution < 1.29 is 9.59 Å². The summed E-state index contributed by atoms with van der Waals surface area (Å²) in [6, 6.07) is 14.6. The lowest BCUT2D eigenvalue weighted by atomic mass is 9.95. The molecule has 0 spiro atoms. The van der Waals surface area contributed by atoms with Gasteiger partial charge >= 0.3 is 0 Å². The second-order valence-electron chi connectivity index (χ2n) is 7.24. The molecule has 2 aromatic rings. The molecule has 0 unspecified atom stereocenters. The fourth-order valence-electron chi connectivity index (χ4n) is 3.29. The Kier molecular flexibility index (Phi) is 6.88. The maximum absolute atomic E-state index is 12.9. The first-order valence-corrected chi connectivity index (χ1v) is 10.1. The van der Waals surface area contributed by atoms with Gasteiger partial charge in [-0.2, -0.15) is 0 Å². The largest absolute Gasteiger partial charge is 0.348 e. The predicted octanol–water partition coefficient (Wildman–Crippen LogP) is 4.87. The Balaban J connectivity index is 1.80. The second-order valence-corrected chi connectivity index (χ2v) is 7.67. The molecule has 1 saturated carbocycles. The van der Waals surface area contributed by atoms with E-state index in [0.717, 1.165) is 36.8 Å². The minimum Gasteiger partial charge on any atom is -0.348 e. The molecular formula is C23H25ClN2O2. The monoisotopic (exact) mass is 396 g/mol. The van der Waals surface area contributed by atoms with Gasteiger partial charge in [-0.1, -0.05) is 60.7 Å². The van der Waals surface area contributed by atoms with Gasteiger partial charge in [0.2, 0.25) is 0 Å². The summed E-state index contributed by atoms with van der Waals surface area (Å²) in [5.41, 5.74) is 2.61. The summed E-state index contributed by atoms with van der Waals surface area (Å²) in [4.78, 5) is 25.5. The van der Waals surface area contributed by atoms with Gasteiger partial charge in [0, 0.05) is 16.6 Å². The van der Waals surface area contributed by atoms with E-state index in [1.807, 2.05) is 31.2 Å². The normalized spacial score (nSPS) is 15.1. The molecule has 2 aromatic carbocycles. The van der Waals surface area contributed by atoms with Crippen LogP contribution in [0.15, 0.2) is 54.2 Å². The Morgan fingerprint density at radius 1 is 0.964 bits per heavy atom. The van der Waals surface area contributed by atoms with Gasteiger partial charge in [0.25, 0.3) is 11.8 Å². The molecule has 146 valence electrons. The highest BCUT2D eigenvalue weighted by Gasteiger charge is 2.20. The van der Waals surface area contributed by atoms with Crippen LogP contribution in [0.5, 0.6) is 0 Å². The number of hydrogen-bond donors (Lipinski definition) is 2. The van der Waals surface area contributed by atoms with Crippen molar-refractivity contribution in [2.75, 3.05) is 0 Å². The van der Waals surface area contributed by atoms with Crippen molar-refractivity contribution >= 4 is 29.5 Å². The summed E-state index contributed by atoms with van der Waals surface area (Å²) >= 11 is 5.95. The van der Waals surface area contributed by atoms with Gasteiger partial charge in [0.15, 0.2) is 0 Å². The zero-order valence-electron chi connectivity index (χ0n) is 16.0. The molecule has 0 heterocycles. The van der Waals surface area contributed by atoms with E-state index in [2.05, 4.69) is 10.6 Å². The highest BCUT2D eigenvalue weighted by molar-refractivity contribution is 6.30. The van der Waals surface area contributed by atoms with Gasteiger partial charge in [0.05, 0.1) is 0 Å². The zero-order chi connectivity index (χ0) is 19.9. The molecule has 1 fully saturated rings. The van der Waals surface area contributed by atoms with Gasteiger partial charge in [-0.05, 0) is 55.7 Å². The van der Waals surface area contributed by atoms with E-state index in [1.165, 1.54) is 6.42 Å². The molecule has 5 heteroatoms. The third-order valence-corrected chi connectivity index (χ3v) is 5.18. The van der Waals surface area contributed by atoms with E-state index in [9.17, 15) is 9.59 Å². The molecule has 0 aliphatic heterocycles. The number of benzene rings is 2. The van der Waals surface area contributed by atoms with Crippen LogP contribution in [0.2, 0.25) is 5.02 Å². The zero-order valence-corrected chi connectivity index (χ0v) is 16.8. The van der Waals surface area contributed by atoms with E-state index >= 15 is 0 Å². The van der Waals surface area contributed by atoms with E-state index in [0.29, 0.717) is 10.6 Å². The van der Waals surface area contributed by atoms with Crippen LogP contribution in [-0.4, -0.2) is 17.9 Å². The Labute approximate surface area is 171 Å². The number of nitrogens with one attached hydrogen (secondary N) is 2. The minimum atomic E-state index is -0.306. The molecule has 3 rings (SSSR count). The standard InChI is InChI=1S/C23H25ClN2O2/c1-16-7-11-18(12-8-16)22(27)26-21(15-17-9-13-19(24)14-10-17)23(28)25-20-5-3-2-4-6-20/h7-15,20H,2-6H2,1H3,(H,25,28)(H,26,27)/b21-15-. The lowest BCUT2D eigenvalue weighted by Gasteiger charge is -2.23. The number of halogens is 1. The van der Waals surface area contributed by atoms with Crippen LogP contribution in [0.1, 0.15) is 53.6 Å². The molecule has 0 atom stereocenters. The van der Waals surface area contributed by atoms with Crippen molar-refractivity contribution in [3.05, 3.63) is 75.9 Å². The highest BCUT2D eigenvalue weighted by Crippen LogP contribution is 2.18. The van der Waals surface area contributed by atoms with Gasteiger partial charge in [-0.25, -0.2) is 0 Å². The molecule has 1 aliphatic carbocycles. The fraction of sp³-hybridized carbons (Fsp3) is 0.304. The quantitative estimate of drug-likeness (QED) is 0.708. The van der Waals surface area contributed by atoms with Crippen LogP contribution in [0, 0.1) is 6.92 Å². The molecular weight excluding hydrogens is 372 g/mol. The molecule has 0 aromatic heterocycles. The number of aryl methyl sites for hydroxylation is 1. The van der Waals surface area contributed by atoms with Crippen LogP contribution in [0.25, 0.3) is 6.08 Å². The van der Waals surface area contributed by atoms with E-state index in [4.69, 9.17) is 11.6 Å². The van der Waals surface area contributed by atoms with Crippen LogP contribution in [0.3, 0.4) is 0 Å². The molecule has 0 radical (unpaired) electrons. The maximum atomic E-state index is 12.9.